The molecular formula is C17H14O2. The van der Waals surface area contributed by atoms with Gasteiger partial charge in [-0.05, 0) is 42.2 Å². The summed E-state index contributed by atoms with van der Waals surface area (Å²) in [6.45, 7) is 0. The summed E-state index contributed by atoms with van der Waals surface area (Å²) in [7, 11) is 0. The molecule has 3 rings (SSSR count). The summed E-state index contributed by atoms with van der Waals surface area (Å²) in [5.41, 5.74) is 3.60. The normalized spacial score (nSPS) is 16.4. The first kappa shape index (κ1) is 11.7. The molecule has 2 aromatic carbocycles. The molecule has 19 heavy (non-hydrogen) atoms. The van der Waals surface area contributed by atoms with E-state index in [9.17, 15) is 9.90 Å². The van der Waals surface area contributed by atoms with Gasteiger partial charge in [0.1, 0.15) is 5.75 Å². The maximum atomic E-state index is 12.4. The van der Waals surface area contributed by atoms with Gasteiger partial charge in [0.25, 0.3) is 0 Å². The van der Waals surface area contributed by atoms with E-state index in [0.717, 1.165) is 35.1 Å². The predicted octanol–water partition coefficient (Wildman–Crippen LogP) is 3.60. The predicted molar refractivity (Wildman–Crippen MR) is 75.2 cm³/mol. The number of rotatable bonds is 1. The summed E-state index contributed by atoms with van der Waals surface area (Å²) in [6, 6.07) is 14.7. The molecule has 2 heteroatoms. The van der Waals surface area contributed by atoms with Crippen LogP contribution >= 0.6 is 0 Å². The number of aromatic hydroxyl groups is 1. The van der Waals surface area contributed by atoms with Crippen LogP contribution in [-0.2, 0) is 6.42 Å². The van der Waals surface area contributed by atoms with Crippen LogP contribution in [0.3, 0.4) is 0 Å². The minimum Gasteiger partial charge on any atom is -0.508 e. The van der Waals surface area contributed by atoms with Gasteiger partial charge < -0.3 is 5.11 Å². The van der Waals surface area contributed by atoms with E-state index in [1.165, 1.54) is 0 Å². The van der Waals surface area contributed by atoms with E-state index in [-0.39, 0.29) is 11.5 Å². The molecule has 1 N–H and O–H groups in total. The van der Waals surface area contributed by atoms with E-state index in [2.05, 4.69) is 0 Å². The van der Waals surface area contributed by atoms with Crippen molar-refractivity contribution in [1.82, 2.24) is 0 Å². The van der Waals surface area contributed by atoms with E-state index in [1.54, 1.807) is 18.2 Å². The number of aryl methyl sites for hydroxylation is 1. The Balaban J connectivity index is 1.98. The van der Waals surface area contributed by atoms with Crippen molar-refractivity contribution in [3.05, 3.63) is 70.8 Å². The molecule has 0 saturated heterocycles. The molecule has 1 aliphatic carbocycles. The number of hydrogen-bond donors (Lipinski definition) is 1. The van der Waals surface area contributed by atoms with Gasteiger partial charge >= 0.3 is 0 Å². The Kier molecular flexibility index (Phi) is 2.92. The third-order valence-electron chi connectivity index (χ3n) is 3.43. The lowest BCUT2D eigenvalue weighted by Crippen LogP contribution is -2.13. The first-order chi connectivity index (χ1) is 9.24. The third kappa shape index (κ3) is 2.29. The van der Waals surface area contributed by atoms with E-state index >= 15 is 0 Å². The summed E-state index contributed by atoms with van der Waals surface area (Å²) >= 11 is 0. The van der Waals surface area contributed by atoms with Crippen LogP contribution in [0.25, 0.3) is 6.08 Å². The van der Waals surface area contributed by atoms with Crippen molar-refractivity contribution in [2.24, 2.45) is 0 Å². The molecule has 2 aromatic rings. The third-order valence-corrected chi connectivity index (χ3v) is 3.43. The first-order valence-electron chi connectivity index (χ1n) is 6.36. The molecular weight excluding hydrogens is 236 g/mol. The smallest absolute Gasteiger partial charge is 0.189 e. The van der Waals surface area contributed by atoms with Gasteiger partial charge in [0, 0.05) is 11.1 Å². The monoisotopic (exact) mass is 250 g/mol. The van der Waals surface area contributed by atoms with Crippen LogP contribution < -0.4 is 0 Å². The molecule has 0 atom stereocenters. The molecule has 0 fully saturated rings. The van der Waals surface area contributed by atoms with E-state index in [1.807, 2.05) is 36.4 Å². The molecule has 0 heterocycles. The summed E-state index contributed by atoms with van der Waals surface area (Å²) in [5.74, 6) is 0.322. The molecule has 0 spiro atoms. The quantitative estimate of drug-likeness (QED) is 0.785. The highest BCUT2D eigenvalue weighted by Crippen LogP contribution is 2.26. The number of phenols is 1. The Bertz CT molecular complexity index is 668. The topological polar surface area (TPSA) is 37.3 Å². The number of carbonyl (C=O) groups excluding carboxylic acids is 1. The Morgan fingerprint density at radius 2 is 1.84 bits per heavy atom. The highest BCUT2D eigenvalue weighted by Gasteiger charge is 2.20. The van der Waals surface area contributed by atoms with Gasteiger partial charge in [0.05, 0.1) is 0 Å². The zero-order valence-corrected chi connectivity index (χ0v) is 10.5. The average Bonchev–Trinajstić information content (AvgIpc) is 2.42. The van der Waals surface area contributed by atoms with Crippen molar-refractivity contribution < 1.29 is 9.90 Å². The molecule has 0 unspecified atom stereocenters. The Hall–Kier alpha value is -2.35. The summed E-state index contributed by atoms with van der Waals surface area (Å²) in [4.78, 5) is 12.4. The minimum absolute atomic E-state index is 0.102. The Morgan fingerprint density at radius 3 is 2.68 bits per heavy atom. The van der Waals surface area contributed by atoms with Gasteiger partial charge in [-0.25, -0.2) is 0 Å². The maximum absolute atomic E-state index is 12.4. The van der Waals surface area contributed by atoms with E-state index in [0.29, 0.717) is 0 Å². The van der Waals surface area contributed by atoms with Crippen LogP contribution in [0.5, 0.6) is 5.75 Å². The fraction of sp³-hybridized carbons (Fsp3) is 0.118. The molecule has 2 nitrogen and oxygen atoms in total. The van der Waals surface area contributed by atoms with Crippen molar-refractivity contribution in [1.29, 1.82) is 0 Å². The van der Waals surface area contributed by atoms with Gasteiger partial charge in [-0.1, -0.05) is 36.4 Å². The number of benzene rings is 2. The molecule has 0 amide bonds. The zero-order chi connectivity index (χ0) is 13.2. The van der Waals surface area contributed by atoms with Crippen LogP contribution in [0.15, 0.2) is 54.1 Å². The van der Waals surface area contributed by atoms with Crippen molar-refractivity contribution >= 4 is 11.9 Å². The van der Waals surface area contributed by atoms with Gasteiger partial charge in [0.15, 0.2) is 5.78 Å². The average molecular weight is 250 g/mol. The Morgan fingerprint density at radius 1 is 1.00 bits per heavy atom. The lowest BCUT2D eigenvalue weighted by Gasteiger charge is -2.17. The lowest BCUT2D eigenvalue weighted by molar-refractivity contribution is 0.102. The number of phenolic OH excluding ortho intramolecular Hbond substituents is 1. The number of Topliss-reactive ketones (excluding diaryl/α,β-unsaturated/α-hetero) is 1. The van der Waals surface area contributed by atoms with Crippen LogP contribution in [0.2, 0.25) is 0 Å². The zero-order valence-electron chi connectivity index (χ0n) is 10.5. The lowest BCUT2D eigenvalue weighted by atomic mass is 9.86. The highest BCUT2D eigenvalue weighted by molar-refractivity contribution is 6.13. The minimum atomic E-state index is 0.102. The van der Waals surface area contributed by atoms with Crippen LogP contribution in [0, 0.1) is 0 Å². The second-order valence-electron chi connectivity index (χ2n) is 4.75. The largest absolute Gasteiger partial charge is 0.508 e. The van der Waals surface area contributed by atoms with E-state index in [4.69, 9.17) is 0 Å². The van der Waals surface area contributed by atoms with Crippen LogP contribution in [-0.4, -0.2) is 10.9 Å². The van der Waals surface area contributed by atoms with Crippen molar-refractivity contribution in [3.8, 4) is 5.75 Å². The summed E-state index contributed by atoms with van der Waals surface area (Å²) in [6.07, 6.45) is 3.52. The fourth-order valence-corrected chi connectivity index (χ4v) is 2.47. The van der Waals surface area contributed by atoms with Crippen LogP contribution in [0.4, 0.5) is 0 Å². The van der Waals surface area contributed by atoms with Crippen LogP contribution in [0.1, 0.15) is 27.9 Å². The number of carbonyl (C=O) groups is 1. The van der Waals surface area contributed by atoms with Gasteiger partial charge in [-0.2, -0.15) is 0 Å². The van der Waals surface area contributed by atoms with Crippen molar-refractivity contribution in [2.75, 3.05) is 0 Å². The summed E-state index contributed by atoms with van der Waals surface area (Å²) < 4.78 is 0. The SMILES string of the molecule is O=C1C(=Cc2cccc(O)c2)CCc2ccccc21. The van der Waals surface area contributed by atoms with Gasteiger partial charge in [-0.15, -0.1) is 0 Å². The fourth-order valence-electron chi connectivity index (χ4n) is 2.47. The van der Waals surface area contributed by atoms with Gasteiger partial charge in [-0.3, -0.25) is 4.79 Å². The maximum Gasteiger partial charge on any atom is 0.189 e. The van der Waals surface area contributed by atoms with E-state index < -0.39 is 0 Å². The molecule has 1 aliphatic rings. The number of ketones is 1. The molecule has 0 aliphatic heterocycles. The van der Waals surface area contributed by atoms with Crippen molar-refractivity contribution in [3.63, 3.8) is 0 Å². The second kappa shape index (κ2) is 4.73. The van der Waals surface area contributed by atoms with Gasteiger partial charge in [0.2, 0.25) is 0 Å². The second-order valence-corrected chi connectivity index (χ2v) is 4.75. The molecule has 0 bridgehead atoms. The number of fused-ring (bicyclic) bond motifs is 1. The number of allylic oxidation sites excluding steroid dienone is 1. The molecule has 94 valence electrons. The molecule has 0 saturated carbocycles. The number of hydrogen-bond acceptors (Lipinski definition) is 2. The first-order valence-corrected chi connectivity index (χ1v) is 6.36. The molecule has 0 aromatic heterocycles. The van der Waals surface area contributed by atoms with Crippen molar-refractivity contribution in [2.45, 2.75) is 12.8 Å². The molecule has 0 radical (unpaired) electrons. The Labute approximate surface area is 112 Å². The summed E-state index contributed by atoms with van der Waals surface area (Å²) in [5, 5.41) is 9.45. The highest BCUT2D eigenvalue weighted by atomic mass is 16.3. The standard InChI is InChI=1S/C17H14O2/c18-15-6-3-4-12(11-15)10-14-9-8-13-5-1-2-7-16(13)17(14)19/h1-7,10-11,18H,8-9H2.